The highest BCUT2D eigenvalue weighted by Gasteiger charge is 2.17. The number of nitrogens with zero attached hydrogens (tertiary/aromatic N) is 2. The predicted octanol–water partition coefficient (Wildman–Crippen LogP) is 2.43. The molecule has 0 radical (unpaired) electrons. The monoisotopic (exact) mass is 294 g/mol. The Balaban J connectivity index is 1.82. The van der Waals surface area contributed by atoms with E-state index in [1.54, 1.807) is 0 Å². The van der Waals surface area contributed by atoms with Crippen molar-refractivity contribution < 1.29 is 0 Å². The van der Waals surface area contributed by atoms with Crippen molar-refractivity contribution in [3.8, 4) is 5.82 Å². The molecular formula is C12H15BrN4. The summed E-state index contributed by atoms with van der Waals surface area (Å²) in [6.07, 6.45) is 8.40. The molecule has 0 aliphatic carbocycles. The van der Waals surface area contributed by atoms with E-state index in [1.165, 1.54) is 18.5 Å². The number of aromatic nitrogens is 3. The zero-order valence-corrected chi connectivity index (χ0v) is 11.1. The molecule has 5 heteroatoms. The highest BCUT2D eigenvalue weighted by atomic mass is 79.9. The minimum absolute atomic E-state index is 0.559. The number of hydrogen-bond acceptors (Lipinski definition) is 2. The number of nitrogens with one attached hydrogen (secondary N) is 2. The summed E-state index contributed by atoms with van der Waals surface area (Å²) in [5, 5.41) is 3.42. The zero-order chi connectivity index (χ0) is 11.7. The lowest BCUT2D eigenvalue weighted by Crippen LogP contribution is -2.28. The fourth-order valence-corrected chi connectivity index (χ4v) is 2.62. The normalized spacial score (nSPS) is 20.6. The van der Waals surface area contributed by atoms with Gasteiger partial charge in [-0.1, -0.05) is 0 Å². The first-order chi connectivity index (χ1) is 8.33. The summed E-state index contributed by atoms with van der Waals surface area (Å²) in [6.45, 7) is 2.19. The third-order valence-corrected chi connectivity index (χ3v) is 3.69. The van der Waals surface area contributed by atoms with Gasteiger partial charge in [0, 0.05) is 29.3 Å². The SMILES string of the molecule is Brc1c[nH]c(-n2cnc([C@H]3CCCNC3)c2)c1. The summed E-state index contributed by atoms with van der Waals surface area (Å²) in [7, 11) is 0. The summed E-state index contributed by atoms with van der Waals surface area (Å²) in [5.41, 5.74) is 1.18. The molecule has 1 saturated heterocycles. The first kappa shape index (κ1) is 11.0. The summed E-state index contributed by atoms with van der Waals surface area (Å²) >= 11 is 3.44. The van der Waals surface area contributed by atoms with Gasteiger partial charge in [0.1, 0.15) is 12.1 Å². The van der Waals surface area contributed by atoms with Gasteiger partial charge in [0.25, 0.3) is 0 Å². The Hall–Kier alpha value is -1.07. The van der Waals surface area contributed by atoms with Gasteiger partial charge in [-0.15, -0.1) is 0 Å². The van der Waals surface area contributed by atoms with Gasteiger partial charge < -0.3 is 10.3 Å². The van der Waals surface area contributed by atoms with Gasteiger partial charge in [-0.3, -0.25) is 4.57 Å². The van der Waals surface area contributed by atoms with Gasteiger partial charge in [-0.2, -0.15) is 0 Å². The average molecular weight is 295 g/mol. The van der Waals surface area contributed by atoms with Gasteiger partial charge in [0.2, 0.25) is 0 Å². The summed E-state index contributed by atoms with van der Waals surface area (Å²) in [5.74, 6) is 1.60. The van der Waals surface area contributed by atoms with Crippen LogP contribution in [0.5, 0.6) is 0 Å². The van der Waals surface area contributed by atoms with Gasteiger partial charge >= 0.3 is 0 Å². The largest absolute Gasteiger partial charge is 0.347 e. The van der Waals surface area contributed by atoms with E-state index < -0.39 is 0 Å². The van der Waals surface area contributed by atoms with Gasteiger partial charge in [0.05, 0.1) is 5.69 Å². The van der Waals surface area contributed by atoms with Crippen LogP contribution in [0.2, 0.25) is 0 Å². The smallest absolute Gasteiger partial charge is 0.116 e. The van der Waals surface area contributed by atoms with E-state index in [9.17, 15) is 0 Å². The lowest BCUT2D eigenvalue weighted by atomic mass is 9.97. The number of aromatic amines is 1. The maximum absolute atomic E-state index is 4.51. The van der Waals surface area contributed by atoms with Crippen LogP contribution in [0.15, 0.2) is 29.3 Å². The minimum atomic E-state index is 0.559. The molecule has 1 atom stereocenters. The van der Waals surface area contributed by atoms with E-state index in [0.717, 1.165) is 23.4 Å². The van der Waals surface area contributed by atoms with Crippen LogP contribution in [0.25, 0.3) is 5.82 Å². The minimum Gasteiger partial charge on any atom is -0.347 e. The Bertz CT molecular complexity index is 496. The van der Waals surface area contributed by atoms with Crippen molar-refractivity contribution in [1.29, 1.82) is 0 Å². The van der Waals surface area contributed by atoms with Gasteiger partial charge in [-0.25, -0.2) is 4.98 Å². The molecule has 3 rings (SSSR count). The van der Waals surface area contributed by atoms with Crippen LogP contribution >= 0.6 is 15.9 Å². The molecule has 2 aromatic rings. The van der Waals surface area contributed by atoms with Crippen molar-refractivity contribution in [3.05, 3.63) is 35.0 Å². The highest BCUT2D eigenvalue weighted by Crippen LogP contribution is 2.22. The maximum atomic E-state index is 4.51. The van der Waals surface area contributed by atoms with Crippen molar-refractivity contribution in [1.82, 2.24) is 19.9 Å². The maximum Gasteiger partial charge on any atom is 0.116 e. The Morgan fingerprint density at radius 2 is 2.41 bits per heavy atom. The van der Waals surface area contributed by atoms with Crippen LogP contribution in [0.1, 0.15) is 24.5 Å². The number of imidazole rings is 1. The van der Waals surface area contributed by atoms with Gasteiger partial charge in [-0.05, 0) is 41.4 Å². The highest BCUT2D eigenvalue weighted by molar-refractivity contribution is 9.10. The number of piperidine rings is 1. The fraction of sp³-hybridized carbons (Fsp3) is 0.417. The molecule has 0 spiro atoms. The Morgan fingerprint density at radius 1 is 1.47 bits per heavy atom. The molecule has 0 aromatic carbocycles. The third-order valence-electron chi connectivity index (χ3n) is 3.23. The standard InChI is InChI=1S/C12H15BrN4/c13-10-4-12(15-6-10)17-7-11(16-8-17)9-2-1-3-14-5-9/h4,6-9,14-15H,1-3,5H2/t9-/m0/s1. The molecule has 0 unspecified atom stereocenters. The second-order valence-corrected chi connectivity index (χ2v) is 5.37. The molecule has 0 amide bonds. The van der Waals surface area contributed by atoms with E-state index in [-0.39, 0.29) is 0 Å². The average Bonchev–Trinajstić information content (AvgIpc) is 2.98. The number of rotatable bonds is 2. The molecule has 4 nitrogen and oxygen atoms in total. The van der Waals surface area contributed by atoms with Crippen LogP contribution in [0.4, 0.5) is 0 Å². The summed E-state index contributed by atoms with van der Waals surface area (Å²) < 4.78 is 3.09. The van der Waals surface area contributed by atoms with E-state index in [1.807, 2.05) is 23.2 Å². The van der Waals surface area contributed by atoms with E-state index in [4.69, 9.17) is 0 Å². The molecule has 90 valence electrons. The fourth-order valence-electron chi connectivity index (χ4n) is 2.29. The van der Waals surface area contributed by atoms with Crippen LogP contribution < -0.4 is 5.32 Å². The zero-order valence-electron chi connectivity index (χ0n) is 9.49. The molecule has 1 aliphatic rings. The lowest BCUT2D eigenvalue weighted by Gasteiger charge is -2.20. The number of hydrogen-bond donors (Lipinski definition) is 2. The number of H-pyrrole nitrogens is 1. The summed E-state index contributed by atoms with van der Waals surface area (Å²) in [4.78, 5) is 7.71. The second kappa shape index (κ2) is 4.66. The first-order valence-corrected chi connectivity index (χ1v) is 6.71. The van der Waals surface area contributed by atoms with Crippen LogP contribution in [0.3, 0.4) is 0 Å². The first-order valence-electron chi connectivity index (χ1n) is 5.92. The quantitative estimate of drug-likeness (QED) is 0.894. The third kappa shape index (κ3) is 2.30. The number of halogens is 1. The van der Waals surface area contributed by atoms with E-state index in [0.29, 0.717) is 5.92 Å². The molecule has 0 bridgehead atoms. The van der Waals surface area contributed by atoms with Crippen molar-refractivity contribution in [2.75, 3.05) is 13.1 Å². The molecule has 2 aromatic heterocycles. The van der Waals surface area contributed by atoms with Gasteiger partial charge in [0.15, 0.2) is 0 Å². The Labute approximate surface area is 109 Å². The molecule has 17 heavy (non-hydrogen) atoms. The summed E-state index contributed by atoms with van der Waals surface area (Å²) in [6, 6.07) is 2.05. The van der Waals surface area contributed by atoms with Crippen molar-refractivity contribution >= 4 is 15.9 Å². The molecular weight excluding hydrogens is 280 g/mol. The van der Waals surface area contributed by atoms with Crippen molar-refractivity contribution in [2.24, 2.45) is 0 Å². The molecule has 1 fully saturated rings. The predicted molar refractivity (Wildman–Crippen MR) is 70.5 cm³/mol. The molecule has 1 aliphatic heterocycles. The Morgan fingerprint density at radius 3 is 3.12 bits per heavy atom. The van der Waals surface area contributed by atoms with Crippen molar-refractivity contribution in [3.63, 3.8) is 0 Å². The van der Waals surface area contributed by atoms with E-state index in [2.05, 4.69) is 37.4 Å². The van der Waals surface area contributed by atoms with Crippen LogP contribution in [0, 0.1) is 0 Å². The second-order valence-electron chi connectivity index (χ2n) is 4.45. The molecule has 0 saturated carbocycles. The lowest BCUT2D eigenvalue weighted by molar-refractivity contribution is 0.455. The Kier molecular flexibility index (Phi) is 3.03. The van der Waals surface area contributed by atoms with Crippen LogP contribution in [-0.4, -0.2) is 27.6 Å². The molecule has 2 N–H and O–H groups in total. The van der Waals surface area contributed by atoms with Crippen molar-refractivity contribution in [2.45, 2.75) is 18.8 Å². The van der Waals surface area contributed by atoms with Crippen LogP contribution in [-0.2, 0) is 0 Å². The van der Waals surface area contributed by atoms with E-state index >= 15 is 0 Å². The molecule has 3 heterocycles. The topological polar surface area (TPSA) is 45.6 Å².